The first-order valence-electron chi connectivity index (χ1n) is 7.74. The summed E-state index contributed by atoms with van der Waals surface area (Å²) in [5.74, 6) is 0.872. The van der Waals surface area contributed by atoms with E-state index in [-0.39, 0.29) is 6.29 Å². The van der Waals surface area contributed by atoms with Crippen LogP contribution in [0.25, 0.3) is 0 Å². The fraction of sp³-hybridized carbons (Fsp3) is 1.00. The normalized spacial score (nSPS) is 19.3. The van der Waals surface area contributed by atoms with E-state index in [4.69, 9.17) is 9.47 Å². The Morgan fingerprint density at radius 1 is 1.06 bits per heavy atom. The van der Waals surface area contributed by atoms with Crippen LogP contribution >= 0.6 is 0 Å². The molecule has 1 saturated carbocycles. The average Bonchev–Trinajstić information content (AvgIpc) is 2.40. The van der Waals surface area contributed by atoms with E-state index >= 15 is 0 Å². The summed E-state index contributed by atoms with van der Waals surface area (Å²) < 4.78 is 11.1. The highest BCUT2D eigenvalue weighted by Gasteiger charge is 2.19. The SMILES string of the molecule is CCOC(CCN[C@H](C)C1CCCCC1)OCC. The molecule has 0 radical (unpaired) electrons. The smallest absolute Gasteiger partial charge is 0.158 e. The van der Waals surface area contributed by atoms with Gasteiger partial charge in [0.2, 0.25) is 0 Å². The van der Waals surface area contributed by atoms with Gasteiger partial charge in [-0.15, -0.1) is 0 Å². The Balaban J connectivity index is 2.14. The zero-order valence-corrected chi connectivity index (χ0v) is 12.4. The molecule has 0 amide bonds. The van der Waals surface area contributed by atoms with Gasteiger partial charge in [0, 0.05) is 32.2 Å². The molecule has 1 fully saturated rings. The topological polar surface area (TPSA) is 30.5 Å². The van der Waals surface area contributed by atoms with Gasteiger partial charge in [0.25, 0.3) is 0 Å². The molecule has 0 heterocycles. The highest BCUT2D eigenvalue weighted by Crippen LogP contribution is 2.26. The molecule has 1 aliphatic rings. The first-order valence-corrected chi connectivity index (χ1v) is 7.74. The van der Waals surface area contributed by atoms with Crippen LogP contribution in [0.15, 0.2) is 0 Å². The second kappa shape index (κ2) is 9.76. The summed E-state index contributed by atoms with van der Waals surface area (Å²) in [5, 5.41) is 3.64. The molecule has 0 unspecified atom stereocenters. The Morgan fingerprint density at radius 2 is 1.67 bits per heavy atom. The molecule has 0 aromatic rings. The van der Waals surface area contributed by atoms with Crippen LogP contribution in [0.5, 0.6) is 0 Å². The molecule has 0 bridgehead atoms. The summed E-state index contributed by atoms with van der Waals surface area (Å²) in [6.07, 6.45) is 7.96. The van der Waals surface area contributed by atoms with E-state index in [9.17, 15) is 0 Å². The van der Waals surface area contributed by atoms with Crippen LogP contribution in [0.3, 0.4) is 0 Å². The van der Waals surface area contributed by atoms with Gasteiger partial charge in [-0.05, 0) is 39.5 Å². The van der Waals surface area contributed by atoms with Gasteiger partial charge in [0.1, 0.15) is 0 Å². The van der Waals surface area contributed by atoms with Crippen LogP contribution in [0.2, 0.25) is 0 Å². The lowest BCUT2D eigenvalue weighted by Crippen LogP contribution is -2.36. The molecule has 3 heteroatoms. The van der Waals surface area contributed by atoms with Crippen molar-refractivity contribution >= 4 is 0 Å². The minimum atomic E-state index is -0.0361. The van der Waals surface area contributed by atoms with Crippen LogP contribution < -0.4 is 5.32 Å². The van der Waals surface area contributed by atoms with E-state index in [2.05, 4.69) is 12.2 Å². The minimum Gasteiger partial charge on any atom is -0.353 e. The number of nitrogens with one attached hydrogen (secondary N) is 1. The lowest BCUT2D eigenvalue weighted by Gasteiger charge is -2.29. The number of hydrogen-bond donors (Lipinski definition) is 1. The van der Waals surface area contributed by atoms with Crippen molar-refractivity contribution in [1.29, 1.82) is 0 Å². The maximum atomic E-state index is 5.55. The minimum absolute atomic E-state index is 0.0361. The first-order chi connectivity index (χ1) is 8.77. The molecule has 0 aromatic heterocycles. The lowest BCUT2D eigenvalue weighted by atomic mass is 9.84. The summed E-state index contributed by atoms with van der Waals surface area (Å²) in [6, 6.07) is 0.634. The Labute approximate surface area is 113 Å². The highest BCUT2D eigenvalue weighted by molar-refractivity contribution is 4.75. The predicted molar refractivity (Wildman–Crippen MR) is 75.7 cm³/mol. The van der Waals surface area contributed by atoms with Gasteiger partial charge in [-0.2, -0.15) is 0 Å². The Hall–Kier alpha value is -0.120. The Kier molecular flexibility index (Phi) is 8.64. The van der Waals surface area contributed by atoms with E-state index in [1.807, 2.05) is 13.8 Å². The van der Waals surface area contributed by atoms with E-state index in [1.54, 1.807) is 0 Å². The monoisotopic (exact) mass is 257 g/mol. The lowest BCUT2D eigenvalue weighted by molar-refractivity contribution is -0.138. The van der Waals surface area contributed by atoms with Crippen LogP contribution in [-0.2, 0) is 9.47 Å². The summed E-state index contributed by atoms with van der Waals surface area (Å²) in [7, 11) is 0. The van der Waals surface area contributed by atoms with Crippen molar-refractivity contribution in [2.24, 2.45) is 5.92 Å². The Bertz CT molecular complexity index is 187. The van der Waals surface area contributed by atoms with Gasteiger partial charge in [-0.25, -0.2) is 0 Å². The number of hydrogen-bond acceptors (Lipinski definition) is 3. The molecule has 0 aliphatic heterocycles. The maximum Gasteiger partial charge on any atom is 0.158 e. The summed E-state index contributed by atoms with van der Waals surface area (Å²) in [4.78, 5) is 0. The van der Waals surface area contributed by atoms with E-state index in [0.717, 1.165) is 32.1 Å². The highest BCUT2D eigenvalue weighted by atomic mass is 16.7. The molecular weight excluding hydrogens is 226 g/mol. The molecule has 3 nitrogen and oxygen atoms in total. The van der Waals surface area contributed by atoms with Gasteiger partial charge in [-0.1, -0.05) is 19.3 Å². The molecule has 0 spiro atoms. The summed E-state index contributed by atoms with van der Waals surface area (Å²) in [5.41, 5.74) is 0. The zero-order valence-electron chi connectivity index (χ0n) is 12.4. The van der Waals surface area contributed by atoms with Crippen molar-refractivity contribution in [1.82, 2.24) is 5.32 Å². The molecule has 0 saturated heterocycles. The molecule has 18 heavy (non-hydrogen) atoms. The molecule has 1 aliphatic carbocycles. The fourth-order valence-electron chi connectivity index (χ4n) is 2.82. The zero-order chi connectivity index (χ0) is 13.2. The predicted octanol–water partition coefficient (Wildman–Crippen LogP) is 3.33. The van der Waals surface area contributed by atoms with Crippen molar-refractivity contribution in [2.45, 2.75) is 71.6 Å². The number of ether oxygens (including phenoxy) is 2. The van der Waals surface area contributed by atoms with Crippen molar-refractivity contribution < 1.29 is 9.47 Å². The van der Waals surface area contributed by atoms with Gasteiger partial charge in [0.15, 0.2) is 6.29 Å². The molecule has 1 atom stereocenters. The van der Waals surface area contributed by atoms with Crippen molar-refractivity contribution in [3.63, 3.8) is 0 Å². The van der Waals surface area contributed by atoms with Crippen molar-refractivity contribution in [3.8, 4) is 0 Å². The van der Waals surface area contributed by atoms with Crippen molar-refractivity contribution in [2.75, 3.05) is 19.8 Å². The molecule has 1 N–H and O–H groups in total. The van der Waals surface area contributed by atoms with E-state index < -0.39 is 0 Å². The van der Waals surface area contributed by atoms with Crippen LogP contribution in [0, 0.1) is 5.92 Å². The van der Waals surface area contributed by atoms with Gasteiger partial charge in [0.05, 0.1) is 0 Å². The maximum absolute atomic E-state index is 5.55. The third-order valence-corrected chi connectivity index (χ3v) is 3.91. The average molecular weight is 257 g/mol. The van der Waals surface area contributed by atoms with Crippen molar-refractivity contribution in [3.05, 3.63) is 0 Å². The van der Waals surface area contributed by atoms with E-state index in [1.165, 1.54) is 32.1 Å². The quantitative estimate of drug-likeness (QED) is 0.643. The van der Waals surface area contributed by atoms with E-state index in [0.29, 0.717) is 6.04 Å². The van der Waals surface area contributed by atoms with Crippen LogP contribution in [0.4, 0.5) is 0 Å². The fourth-order valence-corrected chi connectivity index (χ4v) is 2.82. The Morgan fingerprint density at radius 3 is 2.22 bits per heavy atom. The van der Waals surface area contributed by atoms with Crippen LogP contribution in [0.1, 0.15) is 59.3 Å². The van der Waals surface area contributed by atoms with Gasteiger partial charge in [-0.3, -0.25) is 0 Å². The molecule has 108 valence electrons. The summed E-state index contributed by atoms with van der Waals surface area (Å²) >= 11 is 0. The standard InChI is InChI=1S/C15H31NO2/c1-4-17-15(18-5-2)11-12-16-13(3)14-9-7-6-8-10-14/h13-16H,4-12H2,1-3H3/t13-/m1/s1. The second-order valence-electron chi connectivity index (χ2n) is 5.27. The van der Waals surface area contributed by atoms with Crippen LogP contribution in [-0.4, -0.2) is 32.1 Å². The molecule has 1 rings (SSSR count). The third-order valence-electron chi connectivity index (χ3n) is 3.91. The molecule has 0 aromatic carbocycles. The third kappa shape index (κ3) is 6.17. The summed E-state index contributed by atoms with van der Waals surface area (Å²) in [6.45, 7) is 8.80. The number of rotatable bonds is 9. The van der Waals surface area contributed by atoms with Gasteiger partial charge >= 0.3 is 0 Å². The van der Waals surface area contributed by atoms with Gasteiger partial charge < -0.3 is 14.8 Å². The second-order valence-corrected chi connectivity index (χ2v) is 5.27. The largest absolute Gasteiger partial charge is 0.353 e. The molecular formula is C15H31NO2. The first kappa shape index (κ1) is 15.9.